The van der Waals surface area contributed by atoms with Crippen molar-refractivity contribution in [3.63, 3.8) is 0 Å². The summed E-state index contributed by atoms with van der Waals surface area (Å²) in [6.45, 7) is 1.96. The highest BCUT2D eigenvalue weighted by Crippen LogP contribution is 1.96. The molecule has 0 atom stereocenters. The molecule has 0 amide bonds. The van der Waals surface area contributed by atoms with Crippen molar-refractivity contribution in [2.75, 3.05) is 13.1 Å². The summed E-state index contributed by atoms with van der Waals surface area (Å²) in [6, 6.07) is 0. The van der Waals surface area contributed by atoms with E-state index in [1.54, 1.807) is 0 Å². The summed E-state index contributed by atoms with van der Waals surface area (Å²) in [7, 11) is 0. The quantitative estimate of drug-likeness (QED) is 0.347. The lowest BCUT2D eigenvalue weighted by atomic mass is 10.1. The molecule has 1 heterocycles. The van der Waals surface area contributed by atoms with Gasteiger partial charge in [0.15, 0.2) is 0 Å². The molecule has 1 aliphatic rings. The Morgan fingerprint density at radius 2 is 2.20 bits per heavy atom. The van der Waals surface area contributed by atoms with Crippen LogP contribution in [0, 0.1) is 0 Å². The van der Waals surface area contributed by atoms with E-state index in [2.05, 4.69) is 15.4 Å². The highest BCUT2D eigenvalue weighted by Gasteiger charge is 2.05. The van der Waals surface area contributed by atoms with Crippen LogP contribution in [0.1, 0.15) is 12.8 Å². The molecule has 0 radical (unpaired) electrons. The van der Waals surface area contributed by atoms with E-state index in [-0.39, 0.29) is 0 Å². The van der Waals surface area contributed by atoms with Gasteiger partial charge in [0.2, 0.25) is 0 Å². The predicted octanol–water partition coefficient (Wildman–Crippen LogP) is -0.879. The molecular weight excluding hydrogens is 132 g/mol. The Morgan fingerprint density at radius 1 is 1.50 bits per heavy atom. The molecule has 1 fully saturated rings. The van der Waals surface area contributed by atoms with E-state index in [4.69, 9.17) is 5.84 Å². The third-order valence-corrected chi connectivity index (χ3v) is 1.41. The zero-order chi connectivity index (χ0) is 7.23. The van der Waals surface area contributed by atoms with Crippen LogP contribution in [0.4, 0.5) is 0 Å². The van der Waals surface area contributed by atoms with E-state index in [1.165, 1.54) is 0 Å². The van der Waals surface area contributed by atoms with E-state index in [9.17, 15) is 0 Å². The second kappa shape index (κ2) is 4.21. The van der Waals surface area contributed by atoms with E-state index < -0.39 is 0 Å². The monoisotopic (exact) mass is 144 g/mol. The maximum absolute atomic E-state index is 4.85. The third kappa shape index (κ3) is 2.30. The van der Waals surface area contributed by atoms with Gasteiger partial charge >= 0.3 is 0 Å². The van der Waals surface area contributed by atoms with Crippen LogP contribution in [-0.2, 0) is 4.94 Å². The molecule has 58 valence electrons. The summed E-state index contributed by atoms with van der Waals surface area (Å²) in [5, 5.41) is 6.95. The summed E-state index contributed by atoms with van der Waals surface area (Å²) < 4.78 is 0. The van der Waals surface area contributed by atoms with Crippen molar-refractivity contribution in [3.05, 3.63) is 0 Å². The minimum absolute atomic E-state index is 0.946. The normalized spacial score (nSPS) is 18.7. The summed E-state index contributed by atoms with van der Waals surface area (Å²) in [5.74, 6) is 4.85. The molecule has 0 spiro atoms. The smallest absolute Gasteiger partial charge is 0.0623 e. The molecule has 0 bridgehead atoms. The van der Waals surface area contributed by atoms with Crippen molar-refractivity contribution in [2.24, 2.45) is 11.0 Å². The fraction of sp³-hybridized carbons (Fsp3) is 0.800. The van der Waals surface area contributed by atoms with Gasteiger partial charge in [-0.25, -0.2) is 5.84 Å². The van der Waals surface area contributed by atoms with Crippen LogP contribution in [0.3, 0.4) is 0 Å². The van der Waals surface area contributed by atoms with Gasteiger partial charge in [-0.3, -0.25) is 4.94 Å². The number of nitrogens with one attached hydrogen (secondary N) is 2. The summed E-state index contributed by atoms with van der Waals surface area (Å²) in [4.78, 5) is 4.46. The number of nitrogens with two attached hydrogens (primary N) is 1. The van der Waals surface area contributed by atoms with Gasteiger partial charge in [0.1, 0.15) is 0 Å². The minimum Gasteiger partial charge on any atom is -0.316 e. The van der Waals surface area contributed by atoms with Crippen LogP contribution < -0.4 is 16.7 Å². The first kappa shape index (κ1) is 7.46. The fourth-order valence-electron chi connectivity index (χ4n) is 0.898. The second-order valence-corrected chi connectivity index (χ2v) is 2.12. The van der Waals surface area contributed by atoms with Crippen molar-refractivity contribution in [1.29, 1.82) is 0 Å². The first-order valence-electron chi connectivity index (χ1n) is 3.31. The van der Waals surface area contributed by atoms with Crippen LogP contribution in [0.5, 0.6) is 0 Å². The number of piperidine rings is 1. The molecule has 1 saturated heterocycles. The zero-order valence-corrected chi connectivity index (χ0v) is 5.76. The third-order valence-electron chi connectivity index (χ3n) is 1.41. The number of hydrogen-bond donors (Lipinski definition) is 3. The van der Waals surface area contributed by atoms with Gasteiger partial charge in [-0.15, -0.1) is 0 Å². The van der Waals surface area contributed by atoms with Crippen LogP contribution in [0.25, 0.3) is 0 Å². The van der Waals surface area contributed by atoms with Gasteiger partial charge in [-0.05, 0) is 0 Å². The molecule has 0 unspecified atom stereocenters. The molecule has 1 aliphatic heterocycles. The van der Waals surface area contributed by atoms with Gasteiger partial charge in [0, 0.05) is 25.9 Å². The Kier molecular flexibility index (Phi) is 3.14. The first-order valence-corrected chi connectivity index (χ1v) is 3.31. The van der Waals surface area contributed by atoms with Gasteiger partial charge in [-0.1, -0.05) is 10.7 Å². The van der Waals surface area contributed by atoms with Gasteiger partial charge in [-0.2, -0.15) is 0 Å². The lowest BCUT2D eigenvalue weighted by Crippen LogP contribution is -2.29. The van der Waals surface area contributed by atoms with Crippen LogP contribution in [0.2, 0.25) is 0 Å². The van der Waals surface area contributed by atoms with Crippen molar-refractivity contribution in [3.8, 4) is 0 Å². The van der Waals surface area contributed by atoms with Crippen molar-refractivity contribution >= 4 is 5.71 Å². The molecule has 1 rings (SSSR count). The summed E-state index contributed by atoms with van der Waals surface area (Å²) in [5.41, 5.74) is 3.06. The second-order valence-electron chi connectivity index (χ2n) is 2.12. The van der Waals surface area contributed by atoms with Crippen molar-refractivity contribution in [1.82, 2.24) is 10.9 Å². The number of nitrogens with zero attached hydrogens (tertiary/aromatic N) is 1. The molecule has 0 aromatic heterocycles. The van der Waals surface area contributed by atoms with E-state index in [0.717, 1.165) is 31.6 Å². The fourth-order valence-corrected chi connectivity index (χ4v) is 0.898. The maximum Gasteiger partial charge on any atom is 0.0623 e. The van der Waals surface area contributed by atoms with E-state index in [1.807, 2.05) is 5.59 Å². The van der Waals surface area contributed by atoms with Crippen LogP contribution >= 0.6 is 0 Å². The van der Waals surface area contributed by atoms with E-state index in [0.29, 0.717) is 0 Å². The molecule has 0 aromatic rings. The van der Waals surface area contributed by atoms with E-state index >= 15 is 0 Å². The Hall–Kier alpha value is -0.650. The maximum atomic E-state index is 4.85. The SMILES string of the molecule is NNON=C1CCNCC1. The number of rotatable bonds is 2. The van der Waals surface area contributed by atoms with Crippen LogP contribution in [0.15, 0.2) is 5.16 Å². The highest BCUT2D eigenvalue weighted by atomic mass is 16.8. The average molecular weight is 144 g/mol. The molecule has 0 aliphatic carbocycles. The van der Waals surface area contributed by atoms with Gasteiger partial charge in [0.25, 0.3) is 0 Å². The number of hydrazine groups is 1. The largest absolute Gasteiger partial charge is 0.316 e. The molecule has 0 aromatic carbocycles. The molecular formula is C5H12N4O. The minimum atomic E-state index is 0.946. The predicted molar refractivity (Wildman–Crippen MR) is 37.9 cm³/mol. The Morgan fingerprint density at radius 3 is 2.80 bits per heavy atom. The number of oxime groups is 1. The zero-order valence-electron chi connectivity index (χ0n) is 5.76. The highest BCUT2D eigenvalue weighted by molar-refractivity contribution is 5.84. The lowest BCUT2D eigenvalue weighted by molar-refractivity contribution is 0.0457. The van der Waals surface area contributed by atoms with Crippen LogP contribution in [-0.4, -0.2) is 18.8 Å². The molecule has 10 heavy (non-hydrogen) atoms. The topological polar surface area (TPSA) is 71.7 Å². The molecule has 0 saturated carbocycles. The van der Waals surface area contributed by atoms with Gasteiger partial charge in [0.05, 0.1) is 5.71 Å². The summed E-state index contributed by atoms with van der Waals surface area (Å²) >= 11 is 0. The molecule has 5 heteroatoms. The van der Waals surface area contributed by atoms with Gasteiger partial charge < -0.3 is 5.32 Å². The Bertz CT molecular complexity index is 117. The van der Waals surface area contributed by atoms with Crippen molar-refractivity contribution in [2.45, 2.75) is 12.8 Å². The number of hydrogen-bond acceptors (Lipinski definition) is 5. The molecule has 4 N–H and O–H groups in total. The first-order chi connectivity index (χ1) is 4.93. The Labute approximate surface area is 59.5 Å². The molecule has 5 nitrogen and oxygen atoms in total. The Balaban J connectivity index is 2.23. The lowest BCUT2D eigenvalue weighted by Gasteiger charge is -2.12. The summed E-state index contributed by atoms with van der Waals surface area (Å²) in [6.07, 6.45) is 1.89. The standard InChI is InChI=1S/C5H12N4O/c6-9-10-8-5-1-3-7-4-2-5/h7,9H,1-4,6H2. The average Bonchev–Trinajstić information content (AvgIpc) is 2.03. The van der Waals surface area contributed by atoms with Crippen molar-refractivity contribution < 1.29 is 4.94 Å².